The minimum atomic E-state index is 0.549. The average molecular weight is 403 g/mol. The van der Waals surface area contributed by atoms with E-state index < -0.39 is 0 Å². The molecule has 0 bridgehead atoms. The van der Waals surface area contributed by atoms with Crippen LogP contribution in [0.4, 0.5) is 0 Å². The summed E-state index contributed by atoms with van der Waals surface area (Å²) in [4.78, 5) is 7.65. The van der Waals surface area contributed by atoms with Crippen molar-refractivity contribution in [1.82, 2.24) is 14.7 Å². The predicted molar refractivity (Wildman–Crippen MR) is 116 cm³/mol. The highest BCUT2D eigenvalue weighted by molar-refractivity contribution is 6.30. The Hall–Kier alpha value is -1.63. The van der Waals surface area contributed by atoms with Gasteiger partial charge in [0.1, 0.15) is 11.7 Å². The van der Waals surface area contributed by atoms with Gasteiger partial charge in [0.15, 0.2) is 0 Å². The Balaban J connectivity index is 1.41. The largest absolute Gasteiger partial charge is 0.385 e. The van der Waals surface area contributed by atoms with E-state index in [1.165, 1.54) is 37.9 Å². The van der Waals surface area contributed by atoms with Crippen molar-refractivity contribution in [3.05, 3.63) is 34.9 Å². The first-order valence-corrected chi connectivity index (χ1v) is 10.8. The Morgan fingerprint density at radius 3 is 2.50 bits per heavy atom. The third-order valence-electron chi connectivity index (χ3n) is 6.26. The van der Waals surface area contributed by atoms with Gasteiger partial charge < -0.3 is 15.5 Å². The van der Waals surface area contributed by atoms with Gasteiger partial charge in [-0.2, -0.15) is 0 Å². The van der Waals surface area contributed by atoms with Crippen molar-refractivity contribution >= 4 is 23.3 Å². The third kappa shape index (κ3) is 4.67. The summed E-state index contributed by atoms with van der Waals surface area (Å²) in [6, 6.07) is 9.56. The second-order valence-corrected chi connectivity index (χ2v) is 8.78. The van der Waals surface area contributed by atoms with Gasteiger partial charge in [-0.3, -0.25) is 4.90 Å². The van der Waals surface area contributed by atoms with Gasteiger partial charge in [0.2, 0.25) is 0 Å². The van der Waals surface area contributed by atoms with Crippen molar-refractivity contribution in [2.75, 3.05) is 39.8 Å². The fraction of sp³-hybridized carbons (Fsp3) is 0.619. The van der Waals surface area contributed by atoms with Crippen LogP contribution in [0, 0.1) is 0 Å². The van der Waals surface area contributed by atoms with E-state index in [1.807, 2.05) is 12.1 Å². The molecule has 3 aliphatic rings. The van der Waals surface area contributed by atoms with Crippen molar-refractivity contribution in [1.29, 1.82) is 0 Å². The van der Waals surface area contributed by atoms with Gasteiger partial charge in [-0.15, -0.1) is 10.2 Å². The molecule has 4 rings (SSSR count). The number of piperidine rings is 1. The first kappa shape index (κ1) is 19.7. The summed E-state index contributed by atoms with van der Waals surface area (Å²) in [5, 5.41) is 9.07. The fourth-order valence-electron chi connectivity index (χ4n) is 4.80. The van der Waals surface area contributed by atoms with Crippen LogP contribution in [0.25, 0.3) is 0 Å². The van der Waals surface area contributed by atoms with Crippen LogP contribution in [0.1, 0.15) is 31.2 Å². The molecule has 28 heavy (non-hydrogen) atoms. The Bertz CT molecular complexity index is 723. The molecule has 2 N–H and O–H groups in total. The van der Waals surface area contributed by atoms with E-state index in [-0.39, 0.29) is 0 Å². The minimum absolute atomic E-state index is 0.549. The topological polar surface area (TPSA) is 60.5 Å². The SMILES string of the molecule is CN1CCCN(C2CCN(C3=NN=C(N)C3)CC2)C(Cc2ccc(Cl)cc2)C1. The van der Waals surface area contributed by atoms with Crippen molar-refractivity contribution < 1.29 is 0 Å². The number of hydrogen-bond donors (Lipinski definition) is 1. The number of likely N-dealkylation sites (tertiary alicyclic amines) is 1. The molecule has 0 aliphatic carbocycles. The summed E-state index contributed by atoms with van der Waals surface area (Å²) in [5.41, 5.74) is 7.17. The molecule has 2 fully saturated rings. The first-order chi connectivity index (χ1) is 13.6. The third-order valence-corrected chi connectivity index (χ3v) is 6.52. The molecule has 1 aromatic rings. The molecule has 0 aromatic heterocycles. The van der Waals surface area contributed by atoms with Gasteiger partial charge in [0.05, 0.1) is 6.42 Å². The predicted octanol–water partition coefficient (Wildman–Crippen LogP) is 2.43. The summed E-state index contributed by atoms with van der Waals surface area (Å²) < 4.78 is 0. The van der Waals surface area contributed by atoms with Crippen LogP contribution in [0.3, 0.4) is 0 Å². The van der Waals surface area contributed by atoms with E-state index in [0.29, 0.717) is 24.3 Å². The molecule has 0 amide bonds. The van der Waals surface area contributed by atoms with Gasteiger partial charge in [-0.25, -0.2) is 0 Å². The quantitative estimate of drug-likeness (QED) is 0.843. The highest BCUT2D eigenvalue weighted by Gasteiger charge is 2.33. The molecule has 3 aliphatic heterocycles. The number of amidine groups is 2. The van der Waals surface area contributed by atoms with Crippen molar-refractivity contribution in [2.45, 2.75) is 44.2 Å². The lowest BCUT2D eigenvalue weighted by Gasteiger charge is -2.42. The zero-order valence-corrected chi connectivity index (χ0v) is 17.5. The normalized spacial score (nSPS) is 25.5. The van der Waals surface area contributed by atoms with Crippen LogP contribution in [0.5, 0.6) is 0 Å². The molecule has 7 heteroatoms. The summed E-state index contributed by atoms with van der Waals surface area (Å²) in [7, 11) is 2.25. The lowest BCUT2D eigenvalue weighted by molar-refractivity contribution is 0.0908. The van der Waals surface area contributed by atoms with E-state index >= 15 is 0 Å². The van der Waals surface area contributed by atoms with Crippen LogP contribution in [0.15, 0.2) is 34.5 Å². The molecule has 152 valence electrons. The number of rotatable bonds is 3. The van der Waals surface area contributed by atoms with Crippen molar-refractivity contribution in [2.24, 2.45) is 15.9 Å². The standard InChI is InChI=1S/C21H31ClN6/c1-26-9-2-10-28(19(15-26)13-16-3-5-17(22)6-4-16)18-7-11-27(12-8-18)21-14-20(23)24-25-21/h3-6,18-19H,2,7-15H2,1H3,(H2,23,24). The molecule has 6 nitrogen and oxygen atoms in total. The van der Waals surface area contributed by atoms with Gasteiger partial charge in [0, 0.05) is 43.3 Å². The summed E-state index contributed by atoms with van der Waals surface area (Å²) >= 11 is 6.08. The smallest absolute Gasteiger partial charge is 0.135 e. The highest BCUT2D eigenvalue weighted by Crippen LogP contribution is 2.25. The van der Waals surface area contributed by atoms with Gasteiger partial charge in [-0.05, 0) is 57.0 Å². The summed E-state index contributed by atoms with van der Waals surface area (Å²) in [6.45, 7) is 5.59. The summed E-state index contributed by atoms with van der Waals surface area (Å²) in [5.74, 6) is 1.68. The van der Waals surface area contributed by atoms with E-state index in [1.54, 1.807) is 0 Å². The Kier molecular flexibility index (Phi) is 6.19. The lowest BCUT2D eigenvalue weighted by Crippen LogP contribution is -2.52. The lowest BCUT2D eigenvalue weighted by atomic mass is 9.97. The zero-order valence-electron chi connectivity index (χ0n) is 16.7. The Morgan fingerprint density at radius 1 is 1.07 bits per heavy atom. The maximum absolute atomic E-state index is 6.08. The molecule has 1 aromatic carbocycles. The number of likely N-dealkylation sites (N-methyl/N-ethyl adjacent to an activating group) is 1. The maximum Gasteiger partial charge on any atom is 0.135 e. The fourth-order valence-corrected chi connectivity index (χ4v) is 4.93. The van der Waals surface area contributed by atoms with E-state index in [4.69, 9.17) is 17.3 Å². The van der Waals surface area contributed by atoms with Crippen LogP contribution in [0.2, 0.25) is 5.02 Å². The van der Waals surface area contributed by atoms with Crippen LogP contribution in [-0.2, 0) is 6.42 Å². The Morgan fingerprint density at radius 2 is 1.82 bits per heavy atom. The molecule has 0 saturated carbocycles. The number of hydrogen-bond acceptors (Lipinski definition) is 6. The number of nitrogens with zero attached hydrogens (tertiary/aromatic N) is 5. The summed E-state index contributed by atoms with van der Waals surface area (Å²) in [6.07, 6.45) is 5.39. The molecule has 2 saturated heterocycles. The Labute approximate surface area is 173 Å². The van der Waals surface area contributed by atoms with Gasteiger partial charge in [-0.1, -0.05) is 23.7 Å². The molecule has 1 atom stereocenters. The van der Waals surface area contributed by atoms with Crippen LogP contribution in [-0.4, -0.2) is 78.2 Å². The van der Waals surface area contributed by atoms with Crippen molar-refractivity contribution in [3.63, 3.8) is 0 Å². The van der Waals surface area contributed by atoms with Gasteiger partial charge >= 0.3 is 0 Å². The van der Waals surface area contributed by atoms with Crippen molar-refractivity contribution in [3.8, 4) is 0 Å². The minimum Gasteiger partial charge on any atom is -0.385 e. The number of benzene rings is 1. The molecule has 0 spiro atoms. The molecular formula is C21H31ClN6. The first-order valence-electron chi connectivity index (χ1n) is 10.4. The molecule has 0 radical (unpaired) electrons. The number of halogens is 1. The molecule has 1 unspecified atom stereocenters. The monoisotopic (exact) mass is 402 g/mol. The second-order valence-electron chi connectivity index (χ2n) is 8.34. The van der Waals surface area contributed by atoms with E-state index in [2.05, 4.69) is 44.1 Å². The maximum atomic E-state index is 6.08. The number of nitrogens with two attached hydrogens (primary N) is 1. The molecule has 3 heterocycles. The van der Waals surface area contributed by atoms with Crippen LogP contribution < -0.4 is 5.73 Å². The average Bonchev–Trinajstić information content (AvgIpc) is 3.04. The van der Waals surface area contributed by atoms with E-state index in [0.717, 1.165) is 36.9 Å². The molecular weight excluding hydrogens is 372 g/mol. The second kappa shape index (κ2) is 8.80. The van der Waals surface area contributed by atoms with Crippen LogP contribution >= 0.6 is 11.6 Å². The zero-order chi connectivity index (χ0) is 19.5. The van der Waals surface area contributed by atoms with E-state index in [9.17, 15) is 0 Å². The van der Waals surface area contributed by atoms with Gasteiger partial charge in [0.25, 0.3) is 0 Å². The highest BCUT2D eigenvalue weighted by atomic mass is 35.5.